The molecule has 0 amide bonds. The summed E-state index contributed by atoms with van der Waals surface area (Å²) in [6, 6.07) is 21.4. The smallest absolute Gasteiger partial charge is 0.137 e. The molecule has 0 N–H and O–H groups in total. The highest BCUT2D eigenvalue weighted by molar-refractivity contribution is 5.51. The Labute approximate surface area is 191 Å². The van der Waals surface area contributed by atoms with E-state index >= 15 is 0 Å². The number of rotatable bonds is 7. The molecule has 0 spiro atoms. The van der Waals surface area contributed by atoms with Crippen molar-refractivity contribution in [3.63, 3.8) is 0 Å². The largest absolute Gasteiger partial charge is 0.376 e. The second-order valence-electron chi connectivity index (χ2n) is 8.97. The van der Waals surface area contributed by atoms with Crippen molar-refractivity contribution in [1.82, 2.24) is 14.9 Å². The van der Waals surface area contributed by atoms with Gasteiger partial charge in [-0.25, -0.2) is 9.97 Å². The molecule has 5 rings (SSSR count). The number of hydrogen-bond donors (Lipinski definition) is 0. The molecule has 2 aromatic carbocycles. The van der Waals surface area contributed by atoms with E-state index in [0.29, 0.717) is 0 Å². The van der Waals surface area contributed by atoms with Gasteiger partial charge in [-0.1, -0.05) is 60.7 Å². The molecule has 5 heteroatoms. The predicted octanol–water partition coefficient (Wildman–Crippen LogP) is 4.53. The van der Waals surface area contributed by atoms with E-state index in [-0.39, 0.29) is 6.10 Å². The molecule has 0 radical (unpaired) electrons. The van der Waals surface area contributed by atoms with E-state index in [1.165, 1.54) is 22.4 Å². The zero-order valence-corrected chi connectivity index (χ0v) is 18.9. The lowest BCUT2D eigenvalue weighted by Crippen LogP contribution is -2.37. The van der Waals surface area contributed by atoms with Crippen molar-refractivity contribution < 1.29 is 4.74 Å². The summed E-state index contributed by atoms with van der Waals surface area (Å²) in [5.41, 5.74) is 5.15. The van der Waals surface area contributed by atoms with Gasteiger partial charge in [-0.15, -0.1) is 0 Å². The van der Waals surface area contributed by atoms with E-state index in [9.17, 15) is 0 Å². The summed E-state index contributed by atoms with van der Waals surface area (Å²) in [6.07, 6.45) is 3.51. The zero-order valence-electron chi connectivity index (χ0n) is 18.9. The Hall–Kier alpha value is -2.76. The summed E-state index contributed by atoms with van der Waals surface area (Å²) in [5, 5.41) is 0. The molecule has 0 saturated carbocycles. The quantitative estimate of drug-likeness (QED) is 0.553. The van der Waals surface area contributed by atoms with E-state index in [0.717, 1.165) is 70.2 Å². The van der Waals surface area contributed by atoms with Crippen LogP contribution >= 0.6 is 0 Å². The predicted molar refractivity (Wildman–Crippen MR) is 127 cm³/mol. The third-order valence-corrected chi connectivity index (χ3v) is 6.44. The number of fused-ring (bicyclic) bond motifs is 1. The summed E-state index contributed by atoms with van der Waals surface area (Å²) in [6.45, 7) is 7.47. The molecule has 1 atom stereocenters. The number of hydrogen-bond acceptors (Lipinski definition) is 5. The van der Waals surface area contributed by atoms with Crippen LogP contribution in [0.4, 0.5) is 5.82 Å². The highest BCUT2D eigenvalue weighted by Crippen LogP contribution is 2.30. The van der Waals surface area contributed by atoms with Gasteiger partial charge >= 0.3 is 0 Å². The number of nitrogens with zero attached hydrogens (tertiary/aromatic N) is 4. The Bertz CT molecular complexity index is 1020. The maximum absolute atomic E-state index is 6.02. The monoisotopic (exact) mass is 428 g/mol. The van der Waals surface area contributed by atoms with E-state index in [1.807, 2.05) is 6.92 Å². The van der Waals surface area contributed by atoms with E-state index in [2.05, 4.69) is 70.5 Å². The molecule has 1 aromatic heterocycles. The fraction of sp³-hybridized carbons (Fsp3) is 0.407. The van der Waals surface area contributed by atoms with Crippen LogP contribution in [-0.4, -0.2) is 40.7 Å². The number of anilines is 1. The van der Waals surface area contributed by atoms with Gasteiger partial charge in [-0.2, -0.15) is 0 Å². The molecular formula is C27H32N4O. The summed E-state index contributed by atoms with van der Waals surface area (Å²) >= 11 is 0. The minimum Gasteiger partial charge on any atom is -0.376 e. The minimum atomic E-state index is 0.272. The van der Waals surface area contributed by atoms with Gasteiger partial charge in [0.15, 0.2) is 0 Å². The standard InChI is InChI=1S/C27H32N4O/c1-21-28-26-14-15-30(17-22-9-4-2-5-10-22)20-25(26)27(29-21)31(19-24-13-8-16-32-24)18-23-11-6-3-7-12-23/h2-7,9-12,24H,8,13-20H2,1H3. The molecule has 0 aliphatic carbocycles. The van der Waals surface area contributed by atoms with Gasteiger partial charge in [0.05, 0.1) is 11.8 Å². The average Bonchev–Trinajstić information content (AvgIpc) is 3.33. The van der Waals surface area contributed by atoms with Crippen LogP contribution in [0.2, 0.25) is 0 Å². The fourth-order valence-electron chi connectivity index (χ4n) is 4.88. The lowest BCUT2D eigenvalue weighted by atomic mass is 10.0. The molecule has 2 aliphatic rings. The van der Waals surface area contributed by atoms with Crippen LogP contribution in [-0.2, 0) is 30.8 Å². The Morgan fingerprint density at radius 3 is 2.47 bits per heavy atom. The first-order valence-corrected chi connectivity index (χ1v) is 11.8. The molecule has 166 valence electrons. The Kier molecular flexibility index (Phi) is 6.46. The van der Waals surface area contributed by atoms with Crippen molar-refractivity contribution >= 4 is 5.82 Å². The third-order valence-electron chi connectivity index (χ3n) is 6.44. The van der Waals surface area contributed by atoms with Crippen LogP contribution in [0.1, 0.15) is 41.1 Å². The van der Waals surface area contributed by atoms with Crippen LogP contribution in [0.25, 0.3) is 0 Å². The van der Waals surface area contributed by atoms with Crippen LogP contribution in [0, 0.1) is 6.92 Å². The molecular weight excluding hydrogens is 396 g/mol. The molecule has 1 saturated heterocycles. The van der Waals surface area contributed by atoms with Crippen molar-refractivity contribution in [2.75, 3.05) is 24.6 Å². The normalized spacial score (nSPS) is 18.5. The van der Waals surface area contributed by atoms with E-state index in [1.54, 1.807) is 0 Å². The number of ether oxygens (including phenoxy) is 1. The Morgan fingerprint density at radius 1 is 1.00 bits per heavy atom. The second kappa shape index (κ2) is 9.80. The topological polar surface area (TPSA) is 41.5 Å². The summed E-state index contributed by atoms with van der Waals surface area (Å²) in [7, 11) is 0. The molecule has 1 fully saturated rings. The maximum Gasteiger partial charge on any atom is 0.137 e. The molecule has 32 heavy (non-hydrogen) atoms. The van der Waals surface area contributed by atoms with Gasteiger partial charge < -0.3 is 9.64 Å². The summed E-state index contributed by atoms with van der Waals surface area (Å²) in [4.78, 5) is 14.8. The average molecular weight is 429 g/mol. The third kappa shape index (κ3) is 5.00. The first-order chi connectivity index (χ1) is 15.7. The van der Waals surface area contributed by atoms with E-state index in [4.69, 9.17) is 14.7 Å². The van der Waals surface area contributed by atoms with Crippen molar-refractivity contribution in [2.24, 2.45) is 0 Å². The van der Waals surface area contributed by atoms with Gasteiger partial charge in [-0.3, -0.25) is 4.90 Å². The second-order valence-corrected chi connectivity index (χ2v) is 8.97. The van der Waals surface area contributed by atoms with Gasteiger partial charge in [0.1, 0.15) is 11.6 Å². The first kappa shape index (κ1) is 21.1. The minimum absolute atomic E-state index is 0.272. The van der Waals surface area contributed by atoms with Gasteiger partial charge in [0.25, 0.3) is 0 Å². The highest BCUT2D eigenvalue weighted by Gasteiger charge is 2.27. The Balaban J connectivity index is 1.45. The lowest BCUT2D eigenvalue weighted by Gasteiger charge is -2.34. The van der Waals surface area contributed by atoms with Crippen LogP contribution < -0.4 is 4.90 Å². The molecule has 3 aromatic rings. The van der Waals surface area contributed by atoms with Crippen molar-refractivity contribution in [1.29, 1.82) is 0 Å². The molecule has 5 nitrogen and oxygen atoms in total. The fourth-order valence-corrected chi connectivity index (χ4v) is 4.88. The molecule has 1 unspecified atom stereocenters. The number of aromatic nitrogens is 2. The number of aryl methyl sites for hydroxylation is 1. The highest BCUT2D eigenvalue weighted by atomic mass is 16.5. The summed E-state index contributed by atoms with van der Waals surface area (Å²) in [5.74, 6) is 1.95. The van der Waals surface area contributed by atoms with Crippen LogP contribution in [0.5, 0.6) is 0 Å². The van der Waals surface area contributed by atoms with Crippen molar-refractivity contribution in [3.05, 3.63) is 88.9 Å². The van der Waals surface area contributed by atoms with E-state index < -0.39 is 0 Å². The molecule has 2 aliphatic heterocycles. The van der Waals surface area contributed by atoms with Gasteiger partial charge in [-0.05, 0) is 30.9 Å². The Morgan fingerprint density at radius 2 is 1.75 bits per heavy atom. The van der Waals surface area contributed by atoms with Crippen molar-refractivity contribution in [3.8, 4) is 0 Å². The molecule has 0 bridgehead atoms. The summed E-state index contributed by atoms with van der Waals surface area (Å²) < 4.78 is 6.02. The van der Waals surface area contributed by atoms with Crippen LogP contribution in [0.15, 0.2) is 60.7 Å². The van der Waals surface area contributed by atoms with Gasteiger partial charge in [0, 0.05) is 51.3 Å². The van der Waals surface area contributed by atoms with Gasteiger partial charge in [0.2, 0.25) is 0 Å². The SMILES string of the molecule is Cc1nc2c(c(N(Cc3ccccc3)CC3CCCO3)n1)CN(Cc1ccccc1)CC2. The van der Waals surface area contributed by atoms with Crippen LogP contribution in [0.3, 0.4) is 0 Å². The molecule has 3 heterocycles. The zero-order chi connectivity index (χ0) is 21.8. The lowest BCUT2D eigenvalue weighted by molar-refractivity contribution is 0.115. The first-order valence-electron chi connectivity index (χ1n) is 11.8. The number of benzene rings is 2. The maximum atomic E-state index is 6.02. The van der Waals surface area contributed by atoms with Crippen molar-refractivity contribution in [2.45, 2.75) is 51.9 Å².